The van der Waals surface area contributed by atoms with Crippen LogP contribution in [0.5, 0.6) is 0 Å². The van der Waals surface area contributed by atoms with Crippen LogP contribution in [0.2, 0.25) is 0 Å². The van der Waals surface area contributed by atoms with Gasteiger partial charge in [-0.2, -0.15) is 0 Å². The molecule has 0 atom stereocenters. The van der Waals surface area contributed by atoms with Crippen LogP contribution in [0, 0.1) is 12.8 Å². The number of hydrogen-bond donors (Lipinski definition) is 1. The molecule has 1 aliphatic carbocycles. The smallest absolute Gasteiger partial charge is 0.254 e. The van der Waals surface area contributed by atoms with Crippen LogP contribution in [0.25, 0.3) is 0 Å². The number of aromatic nitrogens is 1. The maximum Gasteiger partial charge on any atom is 0.254 e. The van der Waals surface area contributed by atoms with Crippen LogP contribution in [0.3, 0.4) is 0 Å². The second-order valence-electron chi connectivity index (χ2n) is 7.58. The Hall–Kier alpha value is -2.21. The maximum atomic E-state index is 13.1. The summed E-state index contributed by atoms with van der Waals surface area (Å²) in [6.45, 7) is 4.68. The third kappa shape index (κ3) is 5.64. The molecule has 28 heavy (non-hydrogen) atoms. The number of nitrogens with one attached hydrogen (secondary N) is 1. The van der Waals surface area contributed by atoms with E-state index in [0.717, 1.165) is 25.0 Å². The topological polar surface area (TPSA) is 62.3 Å². The van der Waals surface area contributed by atoms with Crippen molar-refractivity contribution in [2.45, 2.75) is 52.4 Å². The van der Waals surface area contributed by atoms with Crippen molar-refractivity contribution in [2.75, 3.05) is 18.4 Å². The molecule has 0 aliphatic heterocycles. The predicted octanol–water partition coefficient (Wildman–Crippen LogP) is 4.68. The number of anilines is 1. The molecule has 1 saturated carbocycles. The van der Waals surface area contributed by atoms with Crippen molar-refractivity contribution in [2.24, 2.45) is 5.92 Å². The molecule has 1 N–H and O–H groups in total. The van der Waals surface area contributed by atoms with E-state index in [1.54, 1.807) is 4.90 Å². The van der Waals surface area contributed by atoms with Crippen LogP contribution in [0.1, 0.15) is 60.6 Å². The fourth-order valence-electron chi connectivity index (χ4n) is 3.71. The van der Waals surface area contributed by atoms with Crippen molar-refractivity contribution in [1.82, 2.24) is 9.88 Å². The molecular weight excluding hydrogens is 370 g/mol. The van der Waals surface area contributed by atoms with Gasteiger partial charge >= 0.3 is 0 Å². The number of aryl methyl sites for hydroxylation is 2. The Morgan fingerprint density at radius 3 is 2.50 bits per heavy atom. The highest BCUT2D eigenvalue weighted by Crippen LogP contribution is 2.25. The van der Waals surface area contributed by atoms with E-state index in [1.807, 2.05) is 36.6 Å². The average Bonchev–Trinajstić information content (AvgIpc) is 3.12. The first-order chi connectivity index (χ1) is 13.5. The minimum atomic E-state index is -0.191. The Balaban J connectivity index is 1.70. The summed E-state index contributed by atoms with van der Waals surface area (Å²) in [6.07, 6.45) is 6.89. The molecule has 2 aromatic rings. The maximum absolute atomic E-state index is 13.1. The SMILES string of the molecule is CCc1ccc(C(=O)N(CC(=O)Nc2nc(C)cs2)CC2CCCCC2)cc1. The molecule has 1 aromatic heterocycles. The van der Waals surface area contributed by atoms with Crippen molar-refractivity contribution >= 4 is 28.3 Å². The molecule has 2 amide bonds. The number of amides is 2. The summed E-state index contributed by atoms with van der Waals surface area (Å²) in [6, 6.07) is 7.73. The summed E-state index contributed by atoms with van der Waals surface area (Å²) in [5.74, 6) is 0.213. The molecular formula is C22H29N3O2S. The normalized spacial score (nSPS) is 14.6. The van der Waals surface area contributed by atoms with Gasteiger partial charge in [0.25, 0.3) is 5.91 Å². The molecule has 3 rings (SSSR count). The molecule has 1 fully saturated rings. The van der Waals surface area contributed by atoms with Gasteiger partial charge in [-0.3, -0.25) is 9.59 Å². The van der Waals surface area contributed by atoms with Crippen molar-refractivity contribution in [3.05, 3.63) is 46.5 Å². The summed E-state index contributed by atoms with van der Waals surface area (Å²) in [5.41, 5.74) is 2.73. The van der Waals surface area contributed by atoms with Gasteiger partial charge in [0.1, 0.15) is 6.54 Å². The molecule has 150 valence electrons. The van der Waals surface area contributed by atoms with E-state index in [1.165, 1.54) is 36.2 Å². The third-order valence-electron chi connectivity index (χ3n) is 5.30. The zero-order valence-corrected chi connectivity index (χ0v) is 17.6. The predicted molar refractivity (Wildman–Crippen MR) is 114 cm³/mol. The van der Waals surface area contributed by atoms with Crippen LogP contribution in [-0.2, 0) is 11.2 Å². The summed E-state index contributed by atoms with van der Waals surface area (Å²) < 4.78 is 0. The first-order valence-corrected chi connectivity index (χ1v) is 11.0. The van der Waals surface area contributed by atoms with E-state index in [4.69, 9.17) is 0 Å². The number of rotatable bonds is 7. The van der Waals surface area contributed by atoms with E-state index < -0.39 is 0 Å². The zero-order valence-electron chi connectivity index (χ0n) is 16.7. The Bertz CT molecular complexity index is 794. The fourth-order valence-corrected chi connectivity index (χ4v) is 4.41. The van der Waals surface area contributed by atoms with Gasteiger partial charge in [0.2, 0.25) is 5.91 Å². The highest BCUT2D eigenvalue weighted by Gasteiger charge is 2.24. The van der Waals surface area contributed by atoms with Gasteiger partial charge in [0.15, 0.2) is 5.13 Å². The van der Waals surface area contributed by atoms with Gasteiger partial charge in [0.05, 0.1) is 5.69 Å². The lowest BCUT2D eigenvalue weighted by Crippen LogP contribution is -2.41. The summed E-state index contributed by atoms with van der Waals surface area (Å²) in [5, 5.41) is 5.31. The molecule has 0 radical (unpaired) electrons. The Morgan fingerprint density at radius 2 is 1.89 bits per heavy atom. The van der Waals surface area contributed by atoms with Gasteiger partial charge < -0.3 is 10.2 Å². The minimum Gasteiger partial charge on any atom is -0.329 e. The zero-order chi connectivity index (χ0) is 19.9. The first kappa shape index (κ1) is 20.5. The number of nitrogens with zero attached hydrogens (tertiary/aromatic N) is 2. The fraction of sp³-hybridized carbons (Fsp3) is 0.500. The van der Waals surface area contributed by atoms with Crippen molar-refractivity contribution in [1.29, 1.82) is 0 Å². The van der Waals surface area contributed by atoms with Gasteiger partial charge in [-0.1, -0.05) is 38.3 Å². The van der Waals surface area contributed by atoms with Gasteiger partial charge in [-0.25, -0.2) is 4.98 Å². The number of carbonyl (C=O) groups is 2. The van der Waals surface area contributed by atoms with Gasteiger partial charge in [0, 0.05) is 17.5 Å². The van der Waals surface area contributed by atoms with E-state index in [0.29, 0.717) is 23.2 Å². The van der Waals surface area contributed by atoms with Gasteiger partial charge in [-0.15, -0.1) is 11.3 Å². The lowest BCUT2D eigenvalue weighted by molar-refractivity contribution is -0.117. The van der Waals surface area contributed by atoms with E-state index >= 15 is 0 Å². The first-order valence-electron chi connectivity index (χ1n) is 10.2. The summed E-state index contributed by atoms with van der Waals surface area (Å²) in [7, 11) is 0. The van der Waals surface area contributed by atoms with Crippen molar-refractivity contribution < 1.29 is 9.59 Å². The third-order valence-corrected chi connectivity index (χ3v) is 6.18. The quantitative estimate of drug-likeness (QED) is 0.736. The van der Waals surface area contributed by atoms with Crippen LogP contribution in [0.4, 0.5) is 5.13 Å². The molecule has 1 heterocycles. The summed E-state index contributed by atoms with van der Waals surface area (Å²) >= 11 is 1.40. The number of hydrogen-bond acceptors (Lipinski definition) is 4. The molecule has 0 saturated heterocycles. The lowest BCUT2D eigenvalue weighted by Gasteiger charge is -2.29. The van der Waals surface area contributed by atoms with Crippen LogP contribution >= 0.6 is 11.3 Å². The number of carbonyl (C=O) groups excluding carboxylic acids is 2. The summed E-state index contributed by atoms with van der Waals surface area (Å²) in [4.78, 5) is 31.7. The van der Waals surface area contributed by atoms with E-state index in [9.17, 15) is 9.59 Å². The molecule has 1 aliphatic rings. The van der Waals surface area contributed by atoms with Gasteiger partial charge in [-0.05, 0) is 49.8 Å². The second kappa shape index (κ2) is 9.82. The van der Waals surface area contributed by atoms with E-state index in [-0.39, 0.29) is 18.4 Å². The Labute approximate surface area is 171 Å². The molecule has 0 unspecified atom stereocenters. The Kier molecular flexibility index (Phi) is 7.20. The highest BCUT2D eigenvalue weighted by atomic mass is 32.1. The van der Waals surface area contributed by atoms with Crippen LogP contribution in [-0.4, -0.2) is 34.8 Å². The van der Waals surface area contributed by atoms with E-state index in [2.05, 4.69) is 17.2 Å². The number of benzene rings is 1. The molecule has 1 aromatic carbocycles. The molecule has 0 spiro atoms. The molecule has 6 heteroatoms. The molecule has 0 bridgehead atoms. The standard InChI is InChI=1S/C22H29N3O2S/c1-3-17-9-11-19(12-10-17)21(27)25(13-18-7-5-4-6-8-18)14-20(26)24-22-23-16(2)15-28-22/h9-12,15,18H,3-8,13-14H2,1-2H3,(H,23,24,26). The Morgan fingerprint density at radius 1 is 1.18 bits per heavy atom. The largest absolute Gasteiger partial charge is 0.329 e. The van der Waals surface area contributed by atoms with Crippen molar-refractivity contribution in [3.8, 4) is 0 Å². The number of thiazole rings is 1. The highest BCUT2D eigenvalue weighted by molar-refractivity contribution is 7.13. The monoisotopic (exact) mass is 399 g/mol. The van der Waals surface area contributed by atoms with Crippen molar-refractivity contribution in [3.63, 3.8) is 0 Å². The minimum absolute atomic E-state index is 0.0590. The molecule has 5 nitrogen and oxygen atoms in total. The average molecular weight is 400 g/mol. The van der Waals surface area contributed by atoms with Crippen LogP contribution in [0.15, 0.2) is 29.6 Å². The van der Waals surface area contributed by atoms with Crippen LogP contribution < -0.4 is 5.32 Å². The second-order valence-corrected chi connectivity index (χ2v) is 8.44. The lowest BCUT2D eigenvalue weighted by atomic mass is 9.89.